The standard InChI is InChI=1S/C25H25FN6/c1-2-32(31-14-3-4-15-31)23-13-8-18(16-27-23)22-7-5-6-19-17-28-25(30-24(19)22)29-21-11-9-20(26)10-12-21/h5-13,16-17H,2-4,14-15H2,1H3,(H,28,29,30). The van der Waals surface area contributed by atoms with Gasteiger partial charge in [0.2, 0.25) is 5.95 Å². The number of rotatable bonds is 6. The van der Waals surface area contributed by atoms with Crippen LogP contribution in [0.4, 0.5) is 21.8 Å². The Labute approximate surface area is 186 Å². The maximum atomic E-state index is 13.2. The molecular formula is C25H25FN6. The lowest BCUT2D eigenvalue weighted by Crippen LogP contribution is -2.41. The molecule has 0 saturated carbocycles. The van der Waals surface area contributed by atoms with E-state index in [0.29, 0.717) is 5.95 Å². The summed E-state index contributed by atoms with van der Waals surface area (Å²) in [7, 11) is 0. The van der Waals surface area contributed by atoms with Gasteiger partial charge < -0.3 is 5.32 Å². The molecule has 2 aromatic heterocycles. The van der Waals surface area contributed by atoms with Crippen molar-refractivity contribution in [1.29, 1.82) is 0 Å². The van der Waals surface area contributed by atoms with Gasteiger partial charge in [0.15, 0.2) is 0 Å². The van der Waals surface area contributed by atoms with E-state index in [9.17, 15) is 4.39 Å². The summed E-state index contributed by atoms with van der Waals surface area (Å²) in [5.74, 6) is 1.15. The molecule has 3 heterocycles. The van der Waals surface area contributed by atoms with Crippen molar-refractivity contribution in [3.8, 4) is 11.1 Å². The van der Waals surface area contributed by atoms with Crippen LogP contribution in [0.3, 0.4) is 0 Å². The zero-order valence-electron chi connectivity index (χ0n) is 18.0. The number of para-hydroxylation sites is 1. The van der Waals surface area contributed by atoms with E-state index in [1.807, 2.05) is 24.4 Å². The van der Waals surface area contributed by atoms with Gasteiger partial charge in [-0.05, 0) is 56.2 Å². The van der Waals surface area contributed by atoms with E-state index < -0.39 is 0 Å². The summed E-state index contributed by atoms with van der Waals surface area (Å²) in [6, 6.07) is 16.4. The van der Waals surface area contributed by atoms with E-state index in [-0.39, 0.29) is 5.82 Å². The van der Waals surface area contributed by atoms with Gasteiger partial charge in [-0.2, -0.15) is 0 Å². The lowest BCUT2D eigenvalue weighted by atomic mass is 10.0. The summed E-state index contributed by atoms with van der Waals surface area (Å²) in [5, 5.41) is 8.73. The Hall–Kier alpha value is -3.58. The molecule has 0 atom stereocenters. The van der Waals surface area contributed by atoms with E-state index >= 15 is 0 Å². The minimum atomic E-state index is -0.278. The summed E-state index contributed by atoms with van der Waals surface area (Å²) in [6.45, 7) is 5.22. The topological polar surface area (TPSA) is 57.2 Å². The highest BCUT2D eigenvalue weighted by molar-refractivity contribution is 5.93. The summed E-state index contributed by atoms with van der Waals surface area (Å²) >= 11 is 0. The zero-order valence-corrected chi connectivity index (χ0v) is 18.0. The molecule has 0 aliphatic carbocycles. The number of anilines is 3. The first-order valence-corrected chi connectivity index (χ1v) is 11.0. The van der Waals surface area contributed by atoms with Crippen molar-refractivity contribution in [2.75, 3.05) is 30.0 Å². The van der Waals surface area contributed by atoms with E-state index in [4.69, 9.17) is 9.97 Å². The van der Waals surface area contributed by atoms with E-state index in [1.54, 1.807) is 18.3 Å². The Bertz CT molecular complexity index is 1200. The summed E-state index contributed by atoms with van der Waals surface area (Å²) in [4.78, 5) is 13.9. The first-order valence-electron chi connectivity index (χ1n) is 11.0. The van der Waals surface area contributed by atoms with Crippen LogP contribution in [0.2, 0.25) is 0 Å². The van der Waals surface area contributed by atoms with Crippen molar-refractivity contribution in [2.24, 2.45) is 0 Å². The van der Waals surface area contributed by atoms with Crippen molar-refractivity contribution in [3.05, 3.63) is 72.8 Å². The fraction of sp³-hybridized carbons (Fsp3) is 0.240. The lowest BCUT2D eigenvalue weighted by Gasteiger charge is -2.31. The predicted molar refractivity (Wildman–Crippen MR) is 126 cm³/mol. The number of nitrogens with one attached hydrogen (secondary N) is 1. The van der Waals surface area contributed by atoms with Crippen LogP contribution in [-0.2, 0) is 0 Å². The van der Waals surface area contributed by atoms with Crippen LogP contribution in [-0.4, -0.2) is 39.6 Å². The van der Waals surface area contributed by atoms with Crippen LogP contribution in [0.25, 0.3) is 22.0 Å². The number of fused-ring (bicyclic) bond motifs is 1. The van der Waals surface area contributed by atoms with Crippen LogP contribution in [0.15, 0.2) is 67.0 Å². The van der Waals surface area contributed by atoms with Crippen molar-refractivity contribution in [3.63, 3.8) is 0 Å². The van der Waals surface area contributed by atoms with Crippen LogP contribution in [0, 0.1) is 5.82 Å². The second-order valence-electron chi connectivity index (χ2n) is 7.85. The van der Waals surface area contributed by atoms with E-state index in [0.717, 1.165) is 53.2 Å². The molecule has 1 fully saturated rings. The maximum absolute atomic E-state index is 13.2. The molecule has 0 amide bonds. The first kappa shape index (κ1) is 20.3. The molecule has 5 rings (SSSR count). The minimum Gasteiger partial charge on any atom is -0.324 e. The monoisotopic (exact) mass is 428 g/mol. The van der Waals surface area contributed by atoms with Crippen molar-refractivity contribution in [1.82, 2.24) is 20.0 Å². The Morgan fingerprint density at radius 2 is 1.78 bits per heavy atom. The molecule has 162 valence electrons. The van der Waals surface area contributed by atoms with Crippen molar-refractivity contribution in [2.45, 2.75) is 19.8 Å². The highest BCUT2D eigenvalue weighted by Gasteiger charge is 2.19. The quantitative estimate of drug-likeness (QED) is 0.443. The highest BCUT2D eigenvalue weighted by Crippen LogP contribution is 2.29. The largest absolute Gasteiger partial charge is 0.324 e. The molecule has 0 unspecified atom stereocenters. The number of hydrogen-bond acceptors (Lipinski definition) is 6. The highest BCUT2D eigenvalue weighted by atomic mass is 19.1. The van der Waals surface area contributed by atoms with E-state index in [1.165, 1.54) is 25.0 Å². The van der Waals surface area contributed by atoms with Gasteiger partial charge in [0.25, 0.3) is 0 Å². The summed E-state index contributed by atoms with van der Waals surface area (Å²) in [5.41, 5.74) is 3.57. The maximum Gasteiger partial charge on any atom is 0.227 e. The SMILES string of the molecule is CCN(c1ccc(-c2cccc3cnc(Nc4ccc(F)cc4)nc23)cn1)N1CCCC1. The molecule has 0 bridgehead atoms. The van der Waals surface area contributed by atoms with Gasteiger partial charge in [-0.25, -0.2) is 24.4 Å². The fourth-order valence-corrected chi connectivity index (χ4v) is 4.16. The van der Waals surface area contributed by atoms with Crippen LogP contribution < -0.4 is 10.3 Å². The number of halogens is 1. The Morgan fingerprint density at radius 1 is 0.969 bits per heavy atom. The van der Waals surface area contributed by atoms with Gasteiger partial charge in [-0.15, -0.1) is 0 Å². The van der Waals surface area contributed by atoms with Gasteiger partial charge >= 0.3 is 0 Å². The summed E-state index contributed by atoms with van der Waals surface area (Å²) < 4.78 is 13.2. The number of aromatic nitrogens is 3. The van der Waals surface area contributed by atoms with E-state index in [2.05, 4.69) is 39.4 Å². The molecule has 1 aliphatic rings. The minimum absolute atomic E-state index is 0.278. The second kappa shape index (κ2) is 8.88. The van der Waals surface area contributed by atoms with Crippen LogP contribution in [0.5, 0.6) is 0 Å². The van der Waals surface area contributed by atoms with Crippen LogP contribution >= 0.6 is 0 Å². The Morgan fingerprint density at radius 3 is 2.50 bits per heavy atom. The third kappa shape index (κ3) is 4.11. The van der Waals surface area contributed by atoms with Crippen molar-refractivity contribution < 1.29 is 4.39 Å². The molecule has 32 heavy (non-hydrogen) atoms. The first-order chi connectivity index (χ1) is 15.7. The number of nitrogens with zero attached hydrogens (tertiary/aromatic N) is 5. The van der Waals surface area contributed by atoms with Gasteiger partial charge in [0.05, 0.1) is 5.52 Å². The normalized spacial score (nSPS) is 14.1. The fourth-order valence-electron chi connectivity index (χ4n) is 4.16. The number of pyridine rings is 1. The Balaban J connectivity index is 1.46. The molecule has 7 heteroatoms. The predicted octanol–water partition coefficient (Wildman–Crippen LogP) is 5.41. The lowest BCUT2D eigenvalue weighted by molar-refractivity contribution is 0.309. The smallest absolute Gasteiger partial charge is 0.227 e. The summed E-state index contributed by atoms with van der Waals surface area (Å²) in [6.07, 6.45) is 6.18. The van der Waals surface area contributed by atoms with Gasteiger partial charge in [-0.1, -0.05) is 18.2 Å². The van der Waals surface area contributed by atoms with Crippen LogP contribution in [0.1, 0.15) is 19.8 Å². The van der Waals surface area contributed by atoms with Gasteiger partial charge in [-0.3, -0.25) is 5.01 Å². The molecule has 6 nitrogen and oxygen atoms in total. The number of hydrogen-bond donors (Lipinski definition) is 1. The molecule has 4 aromatic rings. The van der Waals surface area contributed by atoms with Crippen molar-refractivity contribution >= 4 is 28.4 Å². The molecule has 1 saturated heterocycles. The molecule has 0 radical (unpaired) electrons. The average molecular weight is 429 g/mol. The molecule has 1 N–H and O–H groups in total. The second-order valence-corrected chi connectivity index (χ2v) is 7.85. The molecular weight excluding hydrogens is 403 g/mol. The Kier molecular flexibility index (Phi) is 5.64. The third-order valence-corrected chi connectivity index (χ3v) is 5.76. The molecule has 2 aromatic carbocycles. The third-order valence-electron chi connectivity index (χ3n) is 5.76. The number of benzene rings is 2. The average Bonchev–Trinajstić information content (AvgIpc) is 3.36. The zero-order chi connectivity index (χ0) is 21.9. The van der Waals surface area contributed by atoms with Gasteiger partial charge in [0, 0.05) is 54.2 Å². The number of hydrazine groups is 1. The molecule has 1 aliphatic heterocycles. The van der Waals surface area contributed by atoms with Gasteiger partial charge in [0.1, 0.15) is 11.6 Å². The molecule has 0 spiro atoms.